The summed E-state index contributed by atoms with van der Waals surface area (Å²) in [7, 11) is 3.85. The van der Waals surface area contributed by atoms with Gasteiger partial charge in [-0.15, -0.1) is 0 Å². The van der Waals surface area contributed by atoms with E-state index in [0.717, 1.165) is 68.9 Å². The number of hydrogen-bond donors (Lipinski definition) is 1. The molecule has 6 nitrogen and oxygen atoms in total. The Balaban J connectivity index is 1.43. The Kier molecular flexibility index (Phi) is 8.02. The van der Waals surface area contributed by atoms with Gasteiger partial charge in [-0.2, -0.15) is 0 Å². The highest BCUT2D eigenvalue weighted by Crippen LogP contribution is 2.36. The van der Waals surface area contributed by atoms with Gasteiger partial charge in [-0.3, -0.25) is 9.69 Å². The van der Waals surface area contributed by atoms with Crippen molar-refractivity contribution in [3.05, 3.63) is 54.1 Å². The van der Waals surface area contributed by atoms with Crippen molar-refractivity contribution in [2.24, 2.45) is 5.41 Å². The minimum absolute atomic E-state index is 0.173. The van der Waals surface area contributed by atoms with Crippen LogP contribution in [-0.4, -0.2) is 82.3 Å². The van der Waals surface area contributed by atoms with E-state index >= 15 is 0 Å². The molecule has 2 aromatic carbocycles. The summed E-state index contributed by atoms with van der Waals surface area (Å²) < 4.78 is 11.0. The zero-order chi connectivity index (χ0) is 23.1. The first-order valence-electron chi connectivity index (χ1n) is 12.1. The summed E-state index contributed by atoms with van der Waals surface area (Å²) >= 11 is 0. The number of carbonyl (C=O) groups excluding carboxylic acids is 1. The highest BCUT2D eigenvalue weighted by Gasteiger charge is 2.40. The first-order valence-corrected chi connectivity index (χ1v) is 12.1. The van der Waals surface area contributed by atoms with Crippen LogP contribution in [0.3, 0.4) is 0 Å². The third-order valence-electron chi connectivity index (χ3n) is 7.11. The fraction of sp³-hybridized carbons (Fsp3) is 0.519. The average molecular weight is 452 g/mol. The normalized spacial score (nSPS) is 19.2. The van der Waals surface area contributed by atoms with Crippen LogP contribution in [0, 0.1) is 5.41 Å². The Morgan fingerprint density at radius 3 is 2.45 bits per heavy atom. The van der Waals surface area contributed by atoms with Crippen LogP contribution in [-0.2, 0) is 16.0 Å². The third kappa shape index (κ3) is 6.14. The lowest BCUT2D eigenvalue weighted by Crippen LogP contribution is -2.50. The summed E-state index contributed by atoms with van der Waals surface area (Å²) in [5.74, 6) is 1.02. The highest BCUT2D eigenvalue weighted by molar-refractivity contribution is 5.83. The average Bonchev–Trinajstić information content (AvgIpc) is 2.86. The molecule has 2 aromatic rings. The number of likely N-dealkylation sites (N-methyl/N-ethyl adjacent to an activating group) is 1. The van der Waals surface area contributed by atoms with E-state index in [2.05, 4.69) is 52.5 Å². The summed E-state index contributed by atoms with van der Waals surface area (Å²) in [4.78, 5) is 18.2. The highest BCUT2D eigenvalue weighted by atomic mass is 16.5. The molecule has 2 aliphatic heterocycles. The molecule has 0 atom stereocenters. The van der Waals surface area contributed by atoms with Gasteiger partial charge < -0.3 is 19.7 Å². The van der Waals surface area contributed by atoms with Crippen LogP contribution in [0.5, 0.6) is 5.75 Å². The van der Waals surface area contributed by atoms with Crippen molar-refractivity contribution in [3.8, 4) is 16.9 Å². The third-order valence-corrected chi connectivity index (χ3v) is 7.11. The van der Waals surface area contributed by atoms with Crippen molar-refractivity contribution < 1.29 is 14.3 Å². The number of rotatable bonds is 8. The maximum absolute atomic E-state index is 13.4. The number of carbonyl (C=O) groups is 1. The van der Waals surface area contributed by atoms with Gasteiger partial charge in [-0.1, -0.05) is 36.4 Å². The molecule has 6 heteroatoms. The van der Waals surface area contributed by atoms with Crippen molar-refractivity contribution in [1.82, 2.24) is 15.1 Å². The van der Waals surface area contributed by atoms with Crippen molar-refractivity contribution in [2.45, 2.75) is 19.3 Å². The van der Waals surface area contributed by atoms with E-state index in [1.807, 2.05) is 18.2 Å². The van der Waals surface area contributed by atoms with Crippen molar-refractivity contribution in [2.75, 3.05) is 66.6 Å². The molecule has 2 aliphatic rings. The Morgan fingerprint density at radius 1 is 1.03 bits per heavy atom. The predicted molar refractivity (Wildman–Crippen MR) is 132 cm³/mol. The van der Waals surface area contributed by atoms with Gasteiger partial charge in [0, 0.05) is 52.5 Å². The molecule has 0 aromatic heterocycles. The molecule has 0 unspecified atom stereocenters. The number of nitrogens with one attached hydrogen (secondary N) is 1. The molecule has 0 saturated carbocycles. The Bertz CT molecular complexity index is 918. The fourth-order valence-corrected chi connectivity index (χ4v) is 4.89. The second-order valence-corrected chi connectivity index (χ2v) is 9.40. The molecule has 0 bridgehead atoms. The number of amides is 1. The maximum Gasteiger partial charge on any atom is 0.226 e. The quantitative estimate of drug-likeness (QED) is 0.669. The van der Waals surface area contributed by atoms with Gasteiger partial charge in [-0.25, -0.2) is 0 Å². The molecule has 1 N–H and O–H groups in total. The number of piperazine rings is 1. The topological polar surface area (TPSA) is 54.0 Å². The van der Waals surface area contributed by atoms with E-state index < -0.39 is 5.41 Å². The first-order chi connectivity index (χ1) is 16.1. The van der Waals surface area contributed by atoms with Gasteiger partial charge in [0.15, 0.2) is 0 Å². The second kappa shape index (κ2) is 11.1. The molecule has 4 rings (SSSR count). The van der Waals surface area contributed by atoms with Gasteiger partial charge in [0.2, 0.25) is 5.91 Å². The number of ether oxygens (including phenoxy) is 2. The summed E-state index contributed by atoms with van der Waals surface area (Å²) in [5.41, 5.74) is 3.04. The second-order valence-electron chi connectivity index (χ2n) is 9.40. The minimum atomic E-state index is -0.409. The molecule has 1 amide bonds. The Hall–Kier alpha value is -2.41. The number of methoxy groups -OCH3 is 1. The minimum Gasteiger partial charge on any atom is -0.497 e. The van der Waals surface area contributed by atoms with Gasteiger partial charge in [-0.05, 0) is 55.1 Å². The molecule has 33 heavy (non-hydrogen) atoms. The molecule has 178 valence electrons. The number of hydrogen-bond acceptors (Lipinski definition) is 5. The molecule has 0 radical (unpaired) electrons. The van der Waals surface area contributed by atoms with Gasteiger partial charge in [0.05, 0.1) is 12.5 Å². The summed E-state index contributed by atoms with van der Waals surface area (Å²) in [5, 5.41) is 3.27. The lowest BCUT2D eigenvalue weighted by molar-refractivity contribution is -0.136. The largest absolute Gasteiger partial charge is 0.497 e. The van der Waals surface area contributed by atoms with E-state index in [9.17, 15) is 4.79 Å². The molecular formula is C27H37N3O3. The van der Waals surface area contributed by atoms with Crippen LogP contribution in [0.2, 0.25) is 0 Å². The molecule has 0 spiro atoms. The maximum atomic E-state index is 13.4. The summed E-state index contributed by atoms with van der Waals surface area (Å²) in [6.45, 7) is 7.23. The van der Waals surface area contributed by atoms with Crippen LogP contribution in [0.1, 0.15) is 18.4 Å². The monoisotopic (exact) mass is 451 g/mol. The van der Waals surface area contributed by atoms with Crippen LogP contribution in [0.15, 0.2) is 48.5 Å². The lowest BCUT2D eigenvalue weighted by atomic mass is 9.74. The Labute approximate surface area is 197 Å². The van der Waals surface area contributed by atoms with Crippen molar-refractivity contribution in [3.63, 3.8) is 0 Å². The van der Waals surface area contributed by atoms with Crippen molar-refractivity contribution in [1.29, 1.82) is 0 Å². The van der Waals surface area contributed by atoms with E-state index in [4.69, 9.17) is 9.47 Å². The molecule has 2 heterocycles. The zero-order valence-electron chi connectivity index (χ0n) is 20.0. The summed E-state index contributed by atoms with van der Waals surface area (Å²) in [6.07, 6.45) is 2.25. The fourth-order valence-electron chi connectivity index (χ4n) is 4.89. The van der Waals surface area contributed by atoms with Crippen LogP contribution >= 0.6 is 0 Å². The van der Waals surface area contributed by atoms with E-state index in [-0.39, 0.29) is 5.91 Å². The van der Waals surface area contributed by atoms with Gasteiger partial charge in [0.25, 0.3) is 0 Å². The zero-order valence-corrected chi connectivity index (χ0v) is 20.0. The standard InChI is InChI=1S/C27H37N3O3/c1-29-13-15-30(16-14-29)12-11-28-26(31)27(9-17-33-18-10-27)21-22-5-3-6-23(19-22)24-7-4-8-25(20-24)32-2/h3-8,19-20H,9-18,21H2,1-2H3,(H,28,31). The van der Waals surface area contributed by atoms with E-state index in [1.54, 1.807) is 7.11 Å². The van der Waals surface area contributed by atoms with Gasteiger partial charge in [0.1, 0.15) is 5.75 Å². The van der Waals surface area contributed by atoms with Crippen LogP contribution < -0.4 is 10.1 Å². The molecule has 2 fully saturated rings. The smallest absolute Gasteiger partial charge is 0.226 e. The predicted octanol–water partition coefficient (Wildman–Crippen LogP) is 3.07. The van der Waals surface area contributed by atoms with E-state index in [0.29, 0.717) is 19.8 Å². The molecule has 0 aliphatic carbocycles. The van der Waals surface area contributed by atoms with Crippen LogP contribution in [0.4, 0.5) is 0 Å². The number of nitrogens with zero attached hydrogens (tertiary/aromatic N) is 2. The molecule has 2 saturated heterocycles. The summed E-state index contributed by atoms with van der Waals surface area (Å²) in [6, 6.07) is 16.7. The Morgan fingerprint density at radius 2 is 1.73 bits per heavy atom. The van der Waals surface area contributed by atoms with Crippen LogP contribution in [0.25, 0.3) is 11.1 Å². The SMILES string of the molecule is COc1cccc(-c2cccc(CC3(C(=O)NCCN4CCN(C)CC4)CCOCC3)c2)c1. The van der Waals surface area contributed by atoms with Crippen molar-refractivity contribution >= 4 is 5.91 Å². The van der Waals surface area contributed by atoms with Gasteiger partial charge >= 0.3 is 0 Å². The first kappa shape index (κ1) is 23.7. The molecular weight excluding hydrogens is 414 g/mol. The number of benzene rings is 2. The van der Waals surface area contributed by atoms with E-state index in [1.165, 1.54) is 5.56 Å². The lowest BCUT2D eigenvalue weighted by Gasteiger charge is -2.37.